The summed E-state index contributed by atoms with van der Waals surface area (Å²) in [7, 11) is 0. The van der Waals surface area contributed by atoms with Gasteiger partial charge >= 0.3 is 0 Å². The molecule has 0 aromatic carbocycles. The molecule has 0 aromatic heterocycles. The lowest BCUT2D eigenvalue weighted by Crippen LogP contribution is -2.25. The van der Waals surface area contributed by atoms with Crippen molar-refractivity contribution in [2.75, 3.05) is 0 Å². The zero-order valence-corrected chi connectivity index (χ0v) is 8.41. The van der Waals surface area contributed by atoms with Gasteiger partial charge in [-0.15, -0.1) is 6.04 Å². The zero-order valence-electron chi connectivity index (χ0n) is 8.41. The molecule has 0 unspecified atom stereocenters. The van der Waals surface area contributed by atoms with E-state index in [2.05, 4.69) is 27.7 Å². The van der Waals surface area contributed by atoms with Crippen molar-refractivity contribution in [3.8, 4) is 0 Å². The SMILES string of the molecule is CCC[C@@H]([NH-])C(C)(C)CCC. The average Bonchev–Trinajstić information content (AvgIpc) is 1.88. The van der Waals surface area contributed by atoms with Crippen LogP contribution in [0.2, 0.25) is 0 Å². The van der Waals surface area contributed by atoms with Crippen LogP contribution in [0.4, 0.5) is 0 Å². The van der Waals surface area contributed by atoms with Crippen LogP contribution in [0.15, 0.2) is 0 Å². The Morgan fingerprint density at radius 1 is 1.18 bits per heavy atom. The maximum absolute atomic E-state index is 7.88. The molecule has 0 aliphatic heterocycles. The minimum absolute atomic E-state index is 0.132. The molecular formula is C10H22N-. The van der Waals surface area contributed by atoms with Crippen LogP contribution < -0.4 is 0 Å². The highest BCUT2D eigenvalue weighted by Gasteiger charge is 2.18. The summed E-state index contributed by atoms with van der Waals surface area (Å²) in [4.78, 5) is 0. The summed E-state index contributed by atoms with van der Waals surface area (Å²) in [5, 5.41) is 0. The monoisotopic (exact) mass is 156 g/mol. The van der Waals surface area contributed by atoms with E-state index in [1.807, 2.05) is 0 Å². The molecule has 0 aliphatic rings. The lowest BCUT2D eigenvalue weighted by molar-refractivity contribution is 0.279. The van der Waals surface area contributed by atoms with Gasteiger partial charge in [-0.2, -0.15) is 0 Å². The summed E-state index contributed by atoms with van der Waals surface area (Å²) in [5.41, 5.74) is 8.10. The highest BCUT2D eigenvalue weighted by Crippen LogP contribution is 2.30. The molecule has 0 rings (SSSR count). The minimum atomic E-state index is 0.132. The van der Waals surface area contributed by atoms with Gasteiger partial charge < -0.3 is 5.73 Å². The van der Waals surface area contributed by atoms with E-state index in [4.69, 9.17) is 5.73 Å². The number of hydrogen-bond acceptors (Lipinski definition) is 0. The molecule has 0 radical (unpaired) electrons. The lowest BCUT2D eigenvalue weighted by Gasteiger charge is -2.38. The molecule has 0 aliphatic carbocycles. The Labute approximate surface area is 71.4 Å². The van der Waals surface area contributed by atoms with Crippen molar-refractivity contribution in [2.45, 2.75) is 59.4 Å². The van der Waals surface area contributed by atoms with E-state index in [0.717, 1.165) is 12.8 Å². The van der Waals surface area contributed by atoms with E-state index in [-0.39, 0.29) is 11.5 Å². The van der Waals surface area contributed by atoms with Crippen LogP contribution >= 0.6 is 0 Å². The van der Waals surface area contributed by atoms with Gasteiger partial charge in [0.2, 0.25) is 0 Å². The Balaban J connectivity index is 3.83. The fourth-order valence-electron chi connectivity index (χ4n) is 1.50. The molecule has 0 bridgehead atoms. The van der Waals surface area contributed by atoms with Gasteiger partial charge in [0.15, 0.2) is 0 Å². The van der Waals surface area contributed by atoms with E-state index in [9.17, 15) is 0 Å². The molecule has 0 aromatic rings. The van der Waals surface area contributed by atoms with Crippen molar-refractivity contribution in [3.05, 3.63) is 5.73 Å². The standard InChI is InChI=1S/C10H22N/c1-5-7-9(11)10(3,4)8-6-2/h9,11H,5-8H2,1-4H3/q-1/t9-/m1/s1. The van der Waals surface area contributed by atoms with Gasteiger partial charge in [0.25, 0.3) is 0 Å². The zero-order chi connectivity index (χ0) is 8.91. The van der Waals surface area contributed by atoms with Crippen molar-refractivity contribution < 1.29 is 0 Å². The van der Waals surface area contributed by atoms with Crippen molar-refractivity contribution in [1.29, 1.82) is 0 Å². The highest BCUT2D eigenvalue weighted by molar-refractivity contribution is 4.88. The van der Waals surface area contributed by atoms with E-state index in [0.29, 0.717) is 0 Å². The van der Waals surface area contributed by atoms with Crippen LogP contribution in [0, 0.1) is 5.41 Å². The van der Waals surface area contributed by atoms with Crippen molar-refractivity contribution in [3.63, 3.8) is 0 Å². The van der Waals surface area contributed by atoms with Gasteiger partial charge in [0.05, 0.1) is 0 Å². The van der Waals surface area contributed by atoms with Crippen LogP contribution in [0.3, 0.4) is 0 Å². The Morgan fingerprint density at radius 3 is 2.09 bits per heavy atom. The normalized spacial score (nSPS) is 15.0. The van der Waals surface area contributed by atoms with Crippen LogP contribution in [0.1, 0.15) is 53.4 Å². The summed E-state index contributed by atoms with van der Waals surface area (Å²) >= 11 is 0. The summed E-state index contributed by atoms with van der Waals surface area (Å²) in [6, 6.07) is 0.132. The molecule has 68 valence electrons. The Bertz CT molecular complexity index is 97.0. The summed E-state index contributed by atoms with van der Waals surface area (Å²) in [6.07, 6.45) is 4.57. The van der Waals surface area contributed by atoms with E-state index in [1.54, 1.807) is 0 Å². The molecule has 1 heteroatoms. The fraction of sp³-hybridized carbons (Fsp3) is 1.00. The molecular weight excluding hydrogens is 134 g/mol. The molecule has 0 saturated heterocycles. The first kappa shape index (κ1) is 11.0. The Hall–Kier alpha value is -0.0400. The second kappa shape index (κ2) is 4.76. The van der Waals surface area contributed by atoms with Gasteiger partial charge in [-0.1, -0.05) is 52.4 Å². The molecule has 0 amide bonds. The third kappa shape index (κ3) is 3.76. The maximum Gasteiger partial charge on any atom is -0.0498 e. The number of rotatable bonds is 5. The molecule has 1 atom stereocenters. The molecule has 0 spiro atoms. The highest BCUT2D eigenvalue weighted by atomic mass is 14.7. The maximum atomic E-state index is 7.88. The van der Waals surface area contributed by atoms with Gasteiger partial charge in [0.1, 0.15) is 0 Å². The summed E-state index contributed by atoms with van der Waals surface area (Å²) in [5.74, 6) is 0. The summed E-state index contributed by atoms with van der Waals surface area (Å²) in [6.45, 7) is 8.78. The quantitative estimate of drug-likeness (QED) is 0.574. The van der Waals surface area contributed by atoms with Crippen LogP contribution in [0.5, 0.6) is 0 Å². The average molecular weight is 156 g/mol. The number of hydrogen-bond donors (Lipinski definition) is 0. The smallest absolute Gasteiger partial charge is 0.0498 e. The van der Waals surface area contributed by atoms with E-state index in [1.165, 1.54) is 12.8 Å². The molecule has 11 heavy (non-hydrogen) atoms. The molecule has 0 heterocycles. The predicted molar refractivity (Wildman–Crippen MR) is 51.7 cm³/mol. The number of nitrogens with one attached hydrogen (secondary N) is 1. The molecule has 1 nitrogen and oxygen atoms in total. The second-order valence-corrected chi connectivity index (χ2v) is 4.08. The molecule has 0 saturated carbocycles. The lowest BCUT2D eigenvalue weighted by atomic mass is 9.79. The van der Waals surface area contributed by atoms with Crippen molar-refractivity contribution in [1.82, 2.24) is 0 Å². The third-order valence-corrected chi connectivity index (χ3v) is 2.42. The topological polar surface area (TPSA) is 23.8 Å². The Morgan fingerprint density at radius 2 is 1.73 bits per heavy atom. The fourth-order valence-corrected chi connectivity index (χ4v) is 1.50. The van der Waals surface area contributed by atoms with E-state index >= 15 is 0 Å². The van der Waals surface area contributed by atoms with Crippen LogP contribution in [0.25, 0.3) is 5.73 Å². The van der Waals surface area contributed by atoms with Crippen molar-refractivity contribution in [2.24, 2.45) is 5.41 Å². The van der Waals surface area contributed by atoms with Gasteiger partial charge in [-0.25, -0.2) is 0 Å². The minimum Gasteiger partial charge on any atom is -0.674 e. The largest absolute Gasteiger partial charge is 0.674 e. The molecule has 0 fully saturated rings. The third-order valence-electron chi connectivity index (χ3n) is 2.42. The first-order valence-electron chi connectivity index (χ1n) is 4.75. The first-order chi connectivity index (χ1) is 5.04. The van der Waals surface area contributed by atoms with Crippen LogP contribution in [-0.2, 0) is 0 Å². The predicted octanol–water partition coefficient (Wildman–Crippen LogP) is 4.03. The molecule has 1 N–H and O–H groups in total. The van der Waals surface area contributed by atoms with Gasteiger partial charge in [0, 0.05) is 0 Å². The summed E-state index contributed by atoms with van der Waals surface area (Å²) < 4.78 is 0. The van der Waals surface area contributed by atoms with Crippen LogP contribution in [-0.4, -0.2) is 6.04 Å². The van der Waals surface area contributed by atoms with Gasteiger partial charge in [-0.05, 0) is 6.42 Å². The van der Waals surface area contributed by atoms with E-state index < -0.39 is 0 Å². The Kier molecular flexibility index (Phi) is 4.74. The van der Waals surface area contributed by atoms with Gasteiger partial charge in [-0.3, -0.25) is 0 Å². The van der Waals surface area contributed by atoms with Crippen molar-refractivity contribution >= 4 is 0 Å². The second-order valence-electron chi connectivity index (χ2n) is 4.08. The first-order valence-corrected chi connectivity index (χ1v) is 4.75.